The summed E-state index contributed by atoms with van der Waals surface area (Å²) in [5.74, 6) is -1.98. The standard InChI is InChI=1S/C12H21N3O4S/c1-12(2,11(19)14-8(6-20)10(17)18)15-9(16)7-4-3-5-13-7/h7-8,13,20H,3-6H2,1-2H3,(H,14,19)(H,15,16)(H,17,18)/t7-,8+/m1/s1. The van der Waals surface area contributed by atoms with Gasteiger partial charge in [0.15, 0.2) is 0 Å². The maximum Gasteiger partial charge on any atom is 0.327 e. The quantitative estimate of drug-likeness (QED) is 0.410. The van der Waals surface area contributed by atoms with Gasteiger partial charge in [-0.3, -0.25) is 9.59 Å². The maximum absolute atomic E-state index is 12.0. The van der Waals surface area contributed by atoms with Crippen LogP contribution in [0.2, 0.25) is 0 Å². The molecule has 1 heterocycles. The molecule has 0 saturated carbocycles. The van der Waals surface area contributed by atoms with Crippen LogP contribution in [-0.2, 0) is 14.4 Å². The van der Waals surface area contributed by atoms with Crippen molar-refractivity contribution in [3.8, 4) is 0 Å². The smallest absolute Gasteiger partial charge is 0.327 e. The molecule has 0 aromatic carbocycles. The molecule has 4 N–H and O–H groups in total. The predicted octanol–water partition coefficient (Wildman–Crippen LogP) is -0.868. The molecule has 0 aromatic rings. The number of carbonyl (C=O) groups is 3. The summed E-state index contributed by atoms with van der Waals surface area (Å²) < 4.78 is 0. The van der Waals surface area contributed by atoms with Crippen LogP contribution in [0.15, 0.2) is 0 Å². The molecular weight excluding hydrogens is 282 g/mol. The summed E-state index contributed by atoms with van der Waals surface area (Å²) in [6, 6.07) is -1.37. The molecule has 1 aliphatic heterocycles. The van der Waals surface area contributed by atoms with Crippen molar-refractivity contribution in [2.24, 2.45) is 0 Å². The third-order valence-electron chi connectivity index (χ3n) is 3.17. The zero-order valence-electron chi connectivity index (χ0n) is 11.6. The Morgan fingerprint density at radius 3 is 2.55 bits per heavy atom. The van der Waals surface area contributed by atoms with Crippen molar-refractivity contribution in [2.45, 2.75) is 44.3 Å². The molecule has 1 rings (SSSR count). The van der Waals surface area contributed by atoms with Crippen LogP contribution in [0.3, 0.4) is 0 Å². The summed E-state index contributed by atoms with van der Waals surface area (Å²) in [6.45, 7) is 3.85. The van der Waals surface area contributed by atoms with E-state index in [-0.39, 0.29) is 17.7 Å². The molecule has 20 heavy (non-hydrogen) atoms. The molecule has 2 atom stereocenters. The van der Waals surface area contributed by atoms with Crippen LogP contribution in [0.1, 0.15) is 26.7 Å². The fraction of sp³-hybridized carbons (Fsp3) is 0.750. The van der Waals surface area contributed by atoms with E-state index in [2.05, 4.69) is 28.6 Å². The van der Waals surface area contributed by atoms with Crippen molar-refractivity contribution in [3.05, 3.63) is 0 Å². The van der Waals surface area contributed by atoms with Gasteiger partial charge >= 0.3 is 5.97 Å². The average Bonchev–Trinajstić information content (AvgIpc) is 2.88. The molecule has 8 heteroatoms. The monoisotopic (exact) mass is 303 g/mol. The Bertz CT molecular complexity index is 394. The van der Waals surface area contributed by atoms with E-state index in [0.29, 0.717) is 0 Å². The van der Waals surface area contributed by atoms with E-state index in [4.69, 9.17) is 5.11 Å². The van der Waals surface area contributed by atoms with Crippen LogP contribution in [0.25, 0.3) is 0 Å². The molecule has 0 spiro atoms. The summed E-state index contributed by atoms with van der Waals surface area (Å²) in [6.07, 6.45) is 1.66. The van der Waals surface area contributed by atoms with Crippen LogP contribution in [-0.4, -0.2) is 52.8 Å². The molecule has 1 saturated heterocycles. The highest BCUT2D eigenvalue weighted by Gasteiger charge is 2.34. The van der Waals surface area contributed by atoms with Gasteiger partial charge in [0.2, 0.25) is 11.8 Å². The van der Waals surface area contributed by atoms with E-state index in [1.807, 2.05) is 0 Å². The lowest BCUT2D eigenvalue weighted by molar-refractivity contribution is -0.142. The molecule has 2 amide bonds. The third kappa shape index (κ3) is 4.38. The second-order valence-electron chi connectivity index (χ2n) is 5.31. The van der Waals surface area contributed by atoms with E-state index < -0.39 is 23.5 Å². The summed E-state index contributed by atoms with van der Waals surface area (Å²) >= 11 is 3.87. The van der Waals surface area contributed by atoms with Crippen molar-refractivity contribution in [1.82, 2.24) is 16.0 Å². The molecule has 0 bridgehead atoms. The van der Waals surface area contributed by atoms with Gasteiger partial charge in [0, 0.05) is 5.75 Å². The average molecular weight is 303 g/mol. The minimum atomic E-state index is -1.18. The van der Waals surface area contributed by atoms with Crippen LogP contribution >= 0.6 is 12.6 Å². The van der Waals surface area contributed by atoms with Crippen molar-refractivity contribution in [3.63, 3.8) is 0 Å². The predicted molar refractivity (Wildman–Crippen MR) is 76.7 cm³/mol. The lowest BCUT2D eigenvalue weighted by Crippen LogP contribution is -2.60. The van der Waals surface area contributed by atoms with Gasteiger partial charge in [-0.1, -0.05) is 0 Å². The number of amides is 2. The highest BCUT2D eigenvalue weighted by Crippen LogP contribution is 2.09. The summed E-state index contributed by atoms with van der Waals surface area (Å²) in [4.78, 5) is 34.9. The van der Waals surface area contributed by atoms with Crippen LogP contribution in [0.4, 0.5) is 0 Å². The van der Waals surface area contributed by atoms with Crippen LogP contribution < -0.4 is 16.0 Å². The Hall–Kier alpha value is -1.28. The first-order valence-electron chi connectivity index (χ1n) is 6.48. The second-order valence-corrected chi connectivity index (χ2v) is 5.68. The summed E-state index contributed by atoms with van der Waals surface area (Å²) in [5.41, 5.74) is -1.18. The molecule has 114 valence electrons. The van der Waals surface area contributed by atoms with Crippen LogP contribution in [0, 0.1) is 0 Å². The first-order chi connectivity index (χ1) is 9.27. The van der Waals surface area contributed by atoms with Gasteiger partial charge in [-0.25, -0.2) is 4.79 Å². The Balaban J connectivity index is 2.59. The Morgan fingerprint density at radius 1 is 1.45 bits per heavy atom. The number of thiol groups is 1. The number of carbonyl (C=O) groups excluding carboxylic acids is 2. The first kappa shape index (κ1) is 16.8. The van der Waals surface area contributed by atoms with Gasteiger partial charge in [-0.2, -0.15) is 12.6 Å². The number of hydrogen-bond donors (Lipinski definition) is 5. The molecular formula is C12H21N3O4S. The van der Waals surface area contributed by atoms with Gasteiger partial charge in [0.05, 0.1) is 6.04 Å². The van der Waals surface area contributed by atoms with E-state index in [9.17, 15) is 14.4 Å². The van der Waals surface area contributed by atoms with Gasteiger partial charge in [-0.15, -0.1) is 0 Å². The number of carboxylic acid groups (broad SMARTS) is 1. The summed E-state index contributed by atoms with van der Waals surface area (Å²) in [7, 11) is 0. The molecule has 0 unspecified atom stereocenters. The molecule has 7 nitrogen and oxygen atoms in total. The van der Waals surface area contributed by atoms with Crippen molar-refractivity contribution >= 4 is 30.4 Å². The largest absolute Gasteiger partial charge is 0.480 e. The Labute approximate surface area is 123 Å². The molecule has 1 fully saturated rings. The molecule has 0 radical (unpaired) electrons. The number of carboxylic acids is 1. The van der Waals surface area contributed by atoms with Crippen LogP contribution in [0.5, 0.6) is 0 Å². The first-order valence-corrected chi connectivity index (χ1v) is 7.11. The highest BCUT2D eigenvalue weighted by molar-refractivity contribution is 7.80. The van der Waals surface area contributed by atoms with Gasteiger partial charge < -0.3 is 21.1 Å². The SMILES string of the molecule is CC(C)(NC(=O)[C@H]1CCCN1)C(=O)N[C@@H](CS)C(=O)O. The van der Waals surface area contributed by atoms with Gasteiger partial charge in [0.25, 0.3) is 0 Å². The number of nitrogens with one attached hydrogen (secondary N) is 3. The van der Waals surface area contributed by atoms with E-state index >= 15 is 0 Å². The Morgan fingerprint density at radius 2 is 2.10 bits per heavy atom. The van der Waals surface area contributed by atoms with Crippen molar-refractivity contribution in [1.29, 1.82) is 0 Å². The Kier molecular flexibility index (Phi) is 5.82. The highest BCUT2D eigenvalue weighted by atomic mass is 32.1. The number of rotatable bonds is 6. The maximum atomic E-state index is 12.0. The molecule has 0 aromatic heterocycles. The third-order valence-corrected chi connectivity index (χ3v) is 3.53. The fourth-order valence-corrected chi connectivity index (χ4v) is 2.13. The second kappa shape index (κ2) is 6.94. The zero-order valence-corrected chi connectivity index (χ0v) is 12.5. The van der Waals surface area contributed by atoms with Crippen molar-refractivity contribution < 1.29 is 19.5 Å². The van der Waals surface area contributed by atoms with E-state index in [1.165, 1.54) is 13.8 Å². The minimum absolute atomic E-state index is 0.0186. The molecule has 1 aliphatic rings. The molecule has 0 aliphatic carbocycles. The van der Waals surface area contributed by atoms with Crippen molar-refractivity contribution in [2.75, 3.05) is 12.3 Å². The fourth-order valence-electron chi connectivity index (χ4n) is 1.88. The van der Waals surface area contributed by atoms with E-state index in [0.717, 1.165) is 19.4 Å². The summed E-state index contributed by atoms with van der Waals surface area (Å²) in [5, 5.41) is 16.9. The lowest BCUT2D eigenvalue weighted by atomic mass is 10.0. The topological polar surface area (TPSA) is 108 Å². The minimum Gasteiger partial charge on any atom is -0.480 e. The van der Waals surface area contributed by atoms with Gasteiger partial charge in [-0.05, 0) is 33.2 Å². The van der Waals surface area contributed by atoms with Gasteiger partial charge in [0.1, 0.15) is 11.6 Å². The lowest BCUT2D eigenvalue weighted by Gasteiger charge is -2.28. The number of aliphatic carboxylic acids is 1. The van der Waals surface area contributed by atoms with E-state index in [1.54, 1.807) is 0 Å². The number of hydrogen-bond acceptors (Lipinski definition) is 5. The normalized spacial score (nSPS) is 20.2. The zero-order chi connectivity index (χ0) is 15.3.